The summed E-state index contributed by atoms with van der Waals surface area (Å²) in [5.41, 5.74) is 0.951. The van der Waals surface area contributed by atoms with E-state index < -0.39 is 10.1 Å². The first kappa shape index (κ1) is 11.9. The Kier molecular flexibility index (Phi) is 3.04. The van der Waals surface area contributed by atoms with E-state index in [1.165, 1.54) is 12.1 Å². The summed E-state index contributed by atoms with van der Waals surface area (Å²) in [6.45, 7) is 2.78. The van der Waals surface area contributed by atoms with Crippen LogP contribution in [-0.2, 0) is 10.1 Å². The first-order valence-electron chi connectivity index (χ1n) is 5.26. The molecule has 2 aromatic rings. The molecule has 90 valence electrons. The second kappa shape index (κ2) is 4.35. The molecular weight excluding hydrogens is 238 g/mol. The summed E-state index contributed by atoms with van der Waals surface area (Å²) in [6, 6.07) is 10.1. The van der Waals surface area contributed by atoms with Crippen LogP contribution in [0.15, 0.2) is 41.3 Å². The van der Waals surface area contributed by atoms with Gasteiger partial charge >= 0.3 is 0 Å². The molecule has 0 fully saturated rings. The Labute approximate surface area is 100 Å². The molecule has 0 aliphatic heterocycles. The highest BCUT2D eigenvalue weighted by molar-refractivity contribution is 7.85. The minimum Gasteiger partial charge on any atom is -0.385 e. The maximum absolute atomic E-state index is 11.0. The molecule has 0 amide bonds. The third kappa shape index (κ3) is 2.40. The summed E-state index contributed by atoms with van der Waals surface area (Å²) in [6.07, 6.45) is 0. The van der Waals surface area contributed by atoms with Gasteiger partial charge in [0, 0.05) is 17.6 Å². The van der Waals surface area contributed by atoms with Gasteiger partial charge in [-0.25, -0.2) is 0 Å². The topological polar surface area (TPSA) is 66.4 Å². The molecule has 2 rings (SSSR count). The molecule has 4 nitrogen and oxygen atoms in total. The van der Waals surface area contributed by atoms with Crippen molar-refractivity contribution in [3.8, 4) is 0 Å². The third-order valence-corrected chi connectivity index (χ3v) is 3.37. The monoisotopic (exact) mass is 251 g/mol. The molecule has 0 aliphatic carbocycles. The van der Waals surface area contributed by atoms with E-state index in [4.69, 9.17) is 4.55 Å². The Morgan fingerprint density at radius 3 is 2.65 bits per heavy atom. The highest BCUT2D eigenvalue weighted by atomic mass is 32.2. The lowest BCUT2D eigenvalue weighted by Crippen LogP contribution is -1.99. The van der Waals surface area contributed by atoms with Gasteiger partial charge in [0.25, 0.3) is 10.1 Å². The molecule has 0 heterocycles. The summed E-state index contributed by atoms with van der Waals surface area (Å²) >= 11 is 0. The van der Waals surface area contributed by atoms with E-state index in [0.29, 0.717) is 0 Å². The molecular formula is C12H13NO3S. The van der Waals surface area contributed by atoms with Crippen molar-refractivity contribution in [2.24, 2.45) is 0 Å². The zero-order valence-electron chi connectivity index (χ0n) is 9.34. The average molecular weight is 251 g/mol. The molecule has 0 spiro atoms. The van der Waals surface area contributed by atoms with Gasteiger partial charge in [-0.3, -0.25) is 4.55 Å². The van der Waals surface area contributed by atoms with Gasteiger partial charge in [0.1, 0.15) is 0 Å². The number of fused-ring (bicyclic) bond motifs is 1. The molecule has 0 aliphatic rings. The van der Waals surface area contributed by atoms with Crippen molar-refractivity contribution in [2.75, 3.05) is 11.9 Å². The zero-order chi connectivity index (χ0) is 12.5. The van der Waals surface area contributed by atoms with E-state index in [1.807, 2.05) is 25.1 Å². The van der Waals surface area contributed by atoms with Crippen LogP contribution in [0.5, 0.6) is 0 Å². The predicted octanol–water partition coefficient (Wildman–Crippen LogP) is 2.52. The third-order valence-electron chi connectivity index (χ3n) is 2.52. The van der Waals surface area contributed by atoms with Crippen LogP contribution < -0.4 is 5.32 Å². The molecule has 5 heteroatoms. The van der Waals surface area contributed by atoms with E-state index >= 15 is 0 Å². The van der Waals surface area contributed by atoms with Gasteiger partial charge in [0.05, 0.1) is 4.90 Å². The van der Waals surface area contributed by atoms with Crippen LogP contribution in [0.3, 0.4) is 0 Å². The van der Waals surface area contributed by atoms with E-state index in [2.05, 4.69) is 5.32 Å². The molecule has 0 saturated heterocycles. The predicted molar refractivity (Wildman–Crippen MR) is 67.9 cm³/mol. The van der Waals surface area contributed by atoms with Crippen molar-refractivity contribution in [3.63, 3.8) is 0 Å². The van der Waals surface area contributed by atoms with Gasteiger partial charge in [-0.15, -0.1) is 0 Å². The quantitative estimate of drug-likeness (QED) is 0.823. The van der Waals surface area contributed by atoms with Crippen LogP contribution in [0, 0.1) is 0 Å². The largest absolute Gasteiger partial charge is 0.385 e. The van der Waals surface area contributed by atoms with E-state index in [0.717, 1.165) is 23.0 Å². The van der Waals surface area contributed by atoms with Crippen LogP contribution in [0.25, 0.3) is 10.8 Å². The van der Waals surface area contributed by atoms with Crippen molar-refractivity contribution in [2.45, 2.75) is 11.8 Å². The molecule has 0 aromatic heterocycles. The van der Waals surface area contributed by atoms with Crippen molar-refractivity contribution < 1.29 is 13.0 Å². The summed E-state index contributed by atoms with van der Waals surface area (Å²) < 4.78 is 31.0. The van der Waals surface area contributed by atoms with Gasteiger partial charge in [0.2, 0.25) is 0 Å². The lowest BCUT2D eigenvalue weighted by atomic mass is 10.1. The minimum absolute atomic E-state index is 0.0846. The van der Waals surface area contributed by atoms with Gasteiger partial charge in [-0.1, -0.05) is 18.2 Å². The van der Waals surface area contributed by atoms with Gasteiger partial charge in [-0.2, -0.15) is 8.42 Å². The lowest BCUT2D eigenvalue weighted by molar-refractivity contribution is 0.483. The fourth-order valence-electron chi connectivity index (χ4n) is 1.77. The van der Waals surface area contributed by atoms with Gasteiger partial charge in [0.15, 0.2) is 0 Å². The molecule has 2 aromatic carbocycles. The number of hydrogen-bond donors (Lipinski definition) is 2. The number of anilines is 1. The van der Waals surface area contributed by atoms with E-state index in [-0.39, 0.29) is 4.90 Å². The standard InChI is InChI=1S/C12H13NO3S/c1-2-13-12-5-3-4-9-8-10(17(14,15)16)6-7-11(9)12/h3-8,13H,2H2,1H3,(H,14,15,16). The Hall–Kier alpha value is -1.59. The van der Waals surface area contributed by atoms with Crippen molar-refractivity contribution in [1.29, 1.82) is 0 Å². The van der Waals surface area contributed by atoms with Gasteiger partial charge < -0.3 is 5.32 Å². The average Bonchev–Trinajstić information content (AvgIpc) is 2.28. The summed E-state index contributed by atoms with van der Waals surface area (Å²) in [5, 5.41) is 4.91. The van der Waals surface area contributed by atoms with Crippen LogP contribution in [0.4, 0.5) is 5.69 Å². The highest BCUT2D eigenvalue weighted by Crippen LogP contribution is 2.25. The first-order chi connectivity index (χ1) is 8.02. The van der Waals surface area contributed by atoms with Crippen LogP contribution in [0.1, 0.15) is 6.92 Å². The van der Waals surface area contributed by atoms with Crippen molar-refractivity contribution in [3.05, 3.63) is 36.4 Å². The Morgan fingerprint density at radius 2 is 2.00 bits per heavy atom. The van der Waals surface area contributed by atoms with Crippen LogP contribution in [0.2, 0.25) is 0 Å². The number of benzene rings is 2. The minimum atomic E-state index is -4.14. The smallest absolute Gasteiger partial charge is 0.294 e. The van der Waals surface area contributed by atoms with Crippen LogP contribution >= 0.6 is 0 Å². The Morgan fingerprint density at radius 1 is 1.24 bits per heavy atom. The summed E-state index contributed by atoms with van der Waals surface area (Å²) in [5.74, 6) is 0. The maximum Gasteiger partial charge on any atom is 0.294 e. The fraction of sp³-hybridized carbons (Fsp3) is 0.167. The molecule has 0 atom stereocenters. The number of nitrogens with one attached hydrogen (secondary N) is 1. The first-order valence-corrected chi connectivity index (χ1v) is 6.70. The van der Waals surface area contributed by atoms with E-state index in [9.17, 15) is 8.42 Å². The van der Waals surface area contributed by atoms with Crippen molar-refractivity contribution >= 4 is 26.6 Å². The zero-order valence-corrected chi connectivity index (χ0v) is 10.2. The normalized spacial score (nSPS) is 11.6. The van der Waals surface area contributed by atoms with E-state index in [1.54, 1.807) is 6.07 Å². The second-order valence-electron chi connectivity index (χ2n) is 3.69. The SMILES string of the molecule is CCNc1cccc2cc(S(=O)(=O)O)ccc12. The molecule has 2 N–H and O–H groups in total. The summed E-state index contributed by atoms with van der Waals surface area (Å²) in [7, 11) is -4.14. The second-order valence-corrected chi connectivity index (χ2v) is 5.12. The number of hydrogen-bond acceptors (Lipinski definition) is 3. The Balaban J connectivity index is 2.65. The Bertz CT molecular complexity index is 650. The van der Waals surface area contributed by atoms with Gasteiger partial charge in [-0.05, 0) is 30.5 Å². The molecule has 0 bridgehead atoms. The molecule has 0 radical (unpaired) electrons. The number of rotatable bonds is 3. The maximum atomic E-state index is 11.0. The van der Waals surface area contributed by atoms with Crippen LogP contribution in [-0.4, -0.2) is 19.5 Å². The lowest BCUT2D eigenvalue weighted by Gasteiger charge is -2.08. The molecule has 0 saturated carbocycles. The molecule has 17 heavy (non-hydrogen) atoms. The fourth-order valence-corrected chi connectivity index (χ4v) is 2.28. The highest BCUT2D eigenvalue weighted by Gasteiger charge is 2.10. The molecule has 0 unspecified atom stereocenters. The van der Waals surface area contributed by atoms with Crippen molar-refractivity contribution in [1.82, 2.24) is 0 Å². The summed E-state index contributed by atoms with van der Waals surface area (Å²) in [4.78, 5) is -0.0846.